The molecule has 2 aromatic rings. The third-order valence-electron chi connectivity index (χ3n) is 3.16. The fraction of sp³-hybridized carbons (Fsp3) is 0.176. The number of pyridine rings is 1. The van der Waals surface area contributed by atoms with Crippen LogP contribution in [0.5, 0.6) is 5.75 Å². The molecule has 0 aliphatic rings. The van der Waals surface area contributed by atoms with Crippen LogP contribution in [-0.2, 0) is 4.74 Å². The molecule has 0 fully saturated rings. The number of rotatable bonds is 6. The number of nitro groups is 1. The zero-order valence-electron chi connectivity index (χ0n) is 13.3. The molecule has 0 unspecified atom stereocenters. The van der Waals surface area contributed by atoms with Crippen LogP contribution in [0.3, 0.4) is 0 Å². The lowest BCUT2D eigenvalue weighted by Crippen LogP contribution is -2.08. The summed E-state index contributed by atoms with van der Waals surface area (Å²) in [6.07, 6.45) is 4.46. The number of carbonyl (C=O) groups excluding carboxylic acids is 1. The second-order valence-electron chi connectivity index (χ2n) is 4.71. The van der Waals surface area contributed by atoms with E-state index in [1.54, 1.807) is 38.3 Å². The molecule has 1 heterocycles. The van der Waals surface area contributed by atoms with Crippen molar-refractivity contribution in [3.63, 3.8) is 0 Å². The van der Waals surface area contributed by atoms with E-state index in [9.17, 15) is 14.9 Å². The second-order valence-corrected chi connectivity index (χ2v) is 4.71. The Balaban J connectivity index is 2.34. The van der Waals surface area contributed by atoms with Crippen molar-refractivity contribution in [3.8, 4) is 5.75 Å². The third-order valence-corrected chi connectivity index (χ3v) is 3.16. The largest absolute Gasteiger partial charge is 0.497 e. The number of aromatic nitrogens is 1. The lowest BCUT2D eigenvalue weighted by atomic mass is 10.1. The lowest BCUT2D eigenvalue weighted by Gasteiger charge is -2.05. The number of methoxy groups -OCH3 is 1. The molecule has 2 rings (SSSR count). The molecular formula is C17H16N2O5. The molecule has 0 aliphatic heterocycles. The van der Waals surface area contributed by atoms with Crippen LogP contribution in [0.4, 0.5) is 5.69 Å². The zero-order chi connectivity index (χ0) is 17.5. The van der Waals surface area contributed by atoms with Gasteiger partial charge < -0.3 is 9.47 Å². The van der Waals surface area contributed by atoms with Crippen molar-refractivity contribution in [1.82, 2.24) is 4.98 Å². The van der Waals surface area contributed by atoms with Crippen molar-refractivity contribution in [1.29, 1.82) is 0 Å². The zero-order valence-corrected chi connectivity index (χ0v) is 13.3. The summed E-state index contributed by atoms with van der Waals surface area (Å²) in [5.74, 6) is 0.0795. The normalized spacial score (nSPS) is 10.6. The van der Waals surface area contributed by atoms with Crippen LogP contribution in [-0.4, -0.2) is 29.6 Å². The number of hydrogen-bond donors (Lipinski definition) is 0. The highest BCUT2D eigenvalue weighted by molar-refractivity contribution is 5.94. The first kappa shape index (κ1) is 17.1. The van der Waals surface area contributed by atoms with Gasteiger partial charge in [0.2, 0.25) is 0 Å². The van der Waals surface area contributed by atoms with E-state index in [2.05, 4.69) is 4.98 Å². The minimum absolute atomic E-state index is 0.0517. The summed E-state index contributed by atoms with van der Waals surface area (Å²) in [7, 11) is 1.58. The number of carbonyl (C=O) groups is 1. The molecule has 7 heteroatoms. The molecule has 0 saturated carbocycles. The Morgan fingerprint density at radius 3 is 2.58 bits per heavy atom. The van der Waals surface area contributed by atoms with Crippen LogP contribution in [0, 0.1) is 10.1 Å². The van der Waals surface area contributed by atoms with E-state index in [4.69, 9.17) is 9.47 Å². The Hall–Kier alpha value is -3.22. The molecule has 0 N–H and O–H groups in total. The van der Waals surface area contributed by atoms with E-state index >= 15 is 0 Å². The van der Waals surface area contributed by atoms with Crippen molar-refractivity contribution >= 4 is 23.8 Å². The van der Waals surface area contributed by atoms with E-state index in [-0.39, 0.29) is 17.9 Å². The van der Waals surface area contributed by atoms with Gasteiger partial charge in [0.1, 0.15) is 11.9 Å². The molecule has 124 valence electrons. The predicted octanol–water partition coefficient (Wildman–Crippen LogP) is 3.35. The molecule has 0 amide bonds. The minimum Gasteiger partial charge on any atom is -0.497 e. The Morgan fingerprint density at radius 2 is 2.00 bits per heavy atom. The number of esters is 1. The minimum atomic E-state index is -0.650. The SMILES string of the molecule is CCOC(=O)c1cc([N+](=O)[O-])cnc1/C=C/c1ccc(OC)cc1. The summed E-state index contributed by atoms with van der Waals surface area (Å²) < 4.78 is 10.0. The van der Waals surface area contributed by atoms with Crippen LogP contribution in [0.2, 0.25) is 0 Å². The topological polar surface area (TPSA) is 91.6 Å². The quantitative estimate of drug-likeness (QED) is 0.459. The first-order chi connectivity index (χ1) is 11.5. The van der Waals surface area contributed by atoms with Crippen molar-refractivity contribution in [3.05, 3.63) is 63.5 Å². The average Bonchev–Trinajstić information content (AvgIpc) is 2.60. The maximum absolute atomic E-state index is 12.0. The van der Waals surface area contributed by atoms with Gasteiger partial charge >= 0.3 is 5.97 Å². The first-order valence-electron chi connectivity index (χ1n) is 7.19. The molecule has 0 spiro atoms. The molecule has 0 bridgehead atoms. The van der Waals surface area contributed by atoms with Gasteiger partial charge in [0, 0.05) is 6.07 Å². The molecule has 0 atom stereocenters. The lowest BCUT2D eigenvalue weighted by molar-refractivity contribution is -0.385. The van der Waals surface area contributed by atoms with Gasteiger partial charge in [-0.2, -0.15) is 0 Å². The summed E-state index contributed by atoms with van der Waals surface area (Å²) in [5.41, 5.74) is 0.955. The number of ether oxygens (including phenoxy) is 2. The number of benzene rings is 1. The second kappa shape index (κ2) is 7.87. The summed E-state index contributed by atoms with van der Waals surface area (Å²) in [5, 5.41) is 10.9. The Bertz CT molecular complexity index is 769. The van der Waals surface area contributed by atoms with Crippen molar-refractivity contribution in [2.24, 2.45) is 0 Å². The number of hydrogen-bond acceptors (Lipinski definition) is 6. The summed E-state index contributed by atoms with van der Waals surface area (Å²) >= 11 is 0. The van der Waals surface area contributed by atoms with Crippen molar-refractivity contribution in [2.75, 3.05) is 13.7 Å². The summed E-state index contributed by atoms with van der Waals surface area (Å²) in [4.78, 5) is 26.3. The standard InChI is InChI=1S/C17H16N2O5/c1-3-24-17(20)15-10-13(19(21)22)11-18-16(15)9-6-12-4-7-14(23-2)8-5-12/h4-11H,3H2,1-2H3/b9-6+. The Kier molecular flexibility index (Phi) is 5.62. The van der Waals surface area contributed by atoms with Gasteiger partial charge in [-0.1, -0.05) is 18.2 Å². The number of nitrogens with zero attached hydrogens (tertiary/aromatic N) is 2. The molecule has 1 aromatic heterocycles. The molecule has 0 aliphatic carbocycles. The maximum Gasteiger partial charge on any atom is 0.340 e. The fourth-order valence-corrected chi connectivity index (χ4v) is 1.96. The monoisotopic (exact) mass is 328 g/mol. The van der Waals surface area contributed by atoms with E-state index in [0.29, 0.717) is 5.69 Å². The van der Waals surface area contributed by atoms with Crippen LogP contribution in [0.15, 0.2) is 36.5 Å². The maximum atomic E-state index is 12.0. The van der Waals surface area contributed by atoms with Crippen LogP contribution in [0.1, 0.15) is 28.5 Å². The highest BCUT2D eigenvalue weighted by Crippen LogP contribution is 2.19. The van der Waals surface area contributed by atoms with Gasteiger partial charge in [-0.15, -0.1) is 0 Å². The molecule has 0 radical (unpaired) electrons. The van der Waals surface area contributed by atoms with Crippen molar-refractivity contribution in [2.45, 2.75) is 6.92 Å². The van der Waals surface area contributed by atoms with Gasteiger partial charge in [0.05, 0.1) is 29.9 Å². The van der Waals surface area contributed by atoms with Gasteiger partial charge in [0.15, 0.2) is 0 Å². The Morgan fingerprint density at radius 1 is 1.29 bits per heavy atom. The smallest absolute Gasteiger partial charge is 0.340 e. The first-order valence-corrected chi connectivity index (χ1v) is 7.19. The Labute approximate surface area is 138 Å². The predicted molar refractivity (Wildman–Crippen MR) is 88.8 cm³/mol. The van der Waals surface area contributed by atoms with Crippen molar-refractivity contribution < 1.29 is 19.2 Å². The molecule has 7 nitrogen and oxygen atoms in total. The third kappa shape index (κ3) is 4.16. The molecule has 1 aromatic carbocycles. The van der Waals surface area contributed by atoms with Gasteiger partial charge in [-0.25, -0.2) is 9.78 Å². The van der Waals surface area contributed by atoms with Crippen LogP contribution >= 0.6 is 0 Å². The highest BCUT2D eigenvalue weighted by Gasteiger charge is 2.17. The van der Waals surface area contributed by atoms with E-state index in [0.717, 1.165) is 17.5 Å². The van der Waals surface area contributed by atoms with Gasteiger partial charge in [-0.05, 0) is 30.7 Å². The summed E-state index contributed by atoms with van der Waals surface area (Å²) in [6, 6.07) is 8.44. The summed E-state index contributed by atoms with van der Waals surface area (Å²) in [6.45, 7) is 1.83. The van der Waals surface area contributed by atoms with E-state index < -0.39 is 10.9 Å². The highest BCUT2D eigenvalue weighted by atomic mass is 16.6. The van der Waals surface area contributed by atoms with E-state index in [1.807, 2.05) is 12.1 Å². The van der Waals surface area contributed by atoms with Crippen LogP contribution < -0.4 is 4.74 Å². The molecular weight excluding hydrogens is 312 g/mol. The van der Waals surface area contributed by atoms with Gasteiger partial charge in [-0.3, -0.25) is 10.1 Å². The van der Waals surface area contributed by atoms with Gasteiger partial charge in [0.25, 0.3) is 5.69 Å². The molecule has 24 heavy (non-hydrogen) atoms. The fourth-order valence-electron chi connectivity index (χ4n) is 1.96. The van der Waals surface area contributed by atoms with Crippen LogP contribution in [0.25, 0.3) is 12.2 Å². The average molecular weight is 328 g/mol. The van der Waals surface area contributed by atoms with E-state index in [1.165, 1.54) is 6.07 Å². The molecule has 0 saturated heterocycles.